The van der Waals surface area contributed by atoms with E-state index >= 15 is 0 Å². The van der Waals surface area contributed by atoms with Crippen LogP contribution in [-0.2, 0) is 0 Å². The quantitative estimate of drug-likeness (QED) is 0.643. The summed E-state index contributed by atoms with van der Waals surface area (Å²) >= 11 is 0. The van der Waals surface area contributed by atoms with Gasteiger partial charge in [0.15, 0.2) is 0 Å². The van der Waals surface area contributed by atoms with E-state index in [0.29, 0.717) is 12.5 Å². The summed E-state index contributed by atoms with van der Waals surface area (Å²) in [6.07, 6.45) is 0.618. The molecular formula is C8H16FNO. The molecule has 1 rings (SSSR count). The van der Waals surface area contributed by atoms with E-state index in [2.05, 4.69) is 4.90 Å². The number of hydrogen-bond acceptors (Lipinski definition) is 2. The van der Waals surface area contributed by atoms with Gasteiger partial charge in [-0.05, 0) is 12.3 Å². The maximum atomic E-state index is 11.9. The van der Waals surface area contributed by atoms with Gasteiger partial charge in [-0.3, -0.25) is 0 Å². The molecule has 1 aliphatic heterocycles. The summed E-state index contributed by atoms with van der Waals surface area (Å²) in [5, 5.41) is 9.34. The molecule has 0 bridgehead atoms. The van der Waals surface area contributed by atoms with Crippen LogP contribution >= 0.6 is 0 Å². The van der Waals surface area contributed by atoms with Gasteiger partial charge in [0, 0.05) is 19.6 Å². The highest BCUT2D eigenvalue weighted by atomic mass is 19.1. The first-order valence-corrected chi connectivity index (χ1v) is 4.20. The zero-order chi connectivity index (χ0) is 8.27. The molecule has 1 heterocycles. The van der Waals surface area contributed by atoms with Crippen LogP contribution in [0.25, 0.3) is 0 Å². The van der Waals surface area contributed by atoms with Gasteiger partial charge < -0.3 is 10.0 Å². The van der Waals surface area contributed by atoms with Gasteiger partial charge >= 0.3 is 0 Å². The van der Waals surface area contributed by atoms with Gasteiger partial charge in [-0.2, -0.15) is 0 Å². The fraction of sp³-hybridized carbons (Fsp3) is 1.00. The van der Waals surface area contributed by atoms with Crippen LogP contribution in [0.4, 0.5) is 4.39 Å². The van der Waals surface area contributed by atoms with Crippen molar-refractivity contribution in [3.63, 3.8) is 0 Å². The molecule has 1 aliphatic rings. The van der Waals surface area contributed by atoms with Crippen molar-refractivity contribution < 1.29 is 9.50 Å². The molecule has 1 saturated heterocycles. The molecule has 0 aromatic carbocycles. The Bertz CT molecular complexity index is 121. The molecule has 0 spiro atoms. The van der Waals surface area contributed by atoms with E-state index in [1.54, 1.807) is 0 Å². The highest BCUT2D eigenvalue weighted by Crippen LogP contribution is 2.15. The number of aliphatic hydroxyl groups excluding tert-OH is 1. The Morgan fingerprint density at radius 2 is 2.36 bits per heavy atom. The van der Waals surface area contributed by atoms with E-state index < -0.39 is 0 Å². The van der Waals surface area contributed by atoms with Crippen LogP contribution in [0, 0.1) is 5.92 Å². The molecule has 1 N–H and O–H groups in total. The molecule has 0 radical (unpaired) electrons. The molecule has 1 fully saturated rings. The molecule has 11 heavy (non-hydrogen) atoms. The lowest BCUT2D eigenvalue weighted by molar-refractivity contribution is 0.0331. The minimum Gasteiger partial charge on any atom is -0.393 e. The number of piperidine rings is 1. The van der Waals surface area contributed by atoms with Crippen LogP contribution in [0.2, 0.25) is 0 Å². The summed E-state index contributed by atoms with van der Waals surface area (Å²) in [6.45, 7) is 3.94. The van der Waals surface area contributed by atoms with E-state index in [9.17, 15) is 9.50 Å². The molecule has 0 aliphatic carbocycles. The third-order valence-electron chi connectivity index (χ3n) is 2.34. The smallest absolute Gasteiger partial charge is 0.102 e. The predicted octanol–water partition coefficient (Wildman–Crippen LogP) is 0.659. The minimum atomic E-state index is -0.275. The molecule has 3 heteroatoms. The van der Waals surface area contributed by atoms with E-state index in [0.717, 1.165) is 19.5 Å². The van der Waals surface area contributed by atoms with Crippen LogP contribution in [0.3, 0.4) is 0 Å². The number of rotatable bonds is 2. The summed E-state index contributed by atoms with van der Waals surface area (Å²) < 4.78 is 11.9. The van der Waals surface area contributed by atoms with E-state index in [-0.39, 0.29) is 12.8 Å². The zero-order valence-electron chi connectivity index (χ0n) is 6.96. The maximum absolute atomic E-state index is 11.9. The number of halogens is 1. The Balaban J connectivity index is 2.28. The summed E-state index contributed by atoms with van der Waals surface area (Å²) in [5.74, 6) is 0.301. The van der Waals surface area contributed by atoms with Gasteiger partial charge in [-0.25, -0.2) is 4.39 Å². The SMILES string of the molecule is CC1CN(CCF)CCC1O. The molecule has 66 valence electrons. The normalized spacial score (nSPS) is 34.1. The topological polar surface area (TPSA) is 23.5 Å². The first-order valence-electron chi connectivity index (χ1n) is 4.20. The Kier molecular flexibility index (Phi) is 3.27. The van der Waals surface area contributed by atoms with Crippen molar-refractivity contribution in [2.24, 2.45) is 5.92 Å². The minimum absolute atomic E-state index is 0.175. The van der Waals surface area contributed by atoms with Gasteiger partial charge in [-0.15, -0.1) is 0 Å². The Hall–Kier alpha value is -0.150. The number of alkyl halides is 1. The van der Waals surface area contributed by atoms with Crippen LogP contribution in [0.15, 0.2) is 0 Å². The van der Waals surface area contributed by atoms with Crippen LogP contribution in [0.5, 0.6) is 0 Å². The average Bonchev–Trinajstić information content (AvgIpc) is 1.98. The molecule has 0 amide bonds. The van der Waals surface area contributed by atoms with Crippen molar-refractivity contribution >= 4 is 0 Å². The summed E-state index contributed by atoms with van der Waals surface area (Å²) in [5.41, 5.74) is 0. The molecule has 0 aromatic heterocycles. The molecule has 2 unspecified atom stereocenters. The standard InChI is InChI=1S/C8H16FNO/c1-7-6-10(5-3-9)4-2-8(7)11/h7-8,11H,2-6H2,1H3. The Labute approximate surface area is 67.0 Å². The van der Waals surface area contributed by atoms with Crippen molar-refractivity contribution in [2.45, 2.75) is 19.4 Å². The highest BCUT2D eigenvalue weighted by Gasteiger charge is 2.23. The van der Waals surface area contributed by atoms with Gasteiger partial charge in [-0.1, -0.05) is 6.92 Å². The monoisotopic (exact) mass is 161 g/mol. The number of nitrogens with zero attached hydrogens (tertiary/aromatic N) is 1. The van der Waals surface area contributed by atoms with E-state index in [4.69, 9.17) is 0 Å². The van der Waals surface area contributed by atoms with Crippen LogP contribution in [-0.4, -0.2) is 42.4 Å². The lowest BCUT2D eigenvalue weighted by Crippen LogP contribution is -2.42. The van der Waals surface area contributed by atoms with Crippen molar-refractivity contribution in [3.05, 3.63) is 0 Å². The fourth-order valence-corrected chi connectivity index (χ4v) is 1.54. The Morgan fingerprint density at radius 1 is 1.64 bits per heavy atom. The molecule has 2 nitrogen and oxygen atoms in total. The van der Waals surface area contributed by atoms with Crippen LogP contribution in [0.1, 0.15) is 13.3 Å². The first kappa shape index (κ1) is 8.94. The number of likely N-dealkylation sites (tertiary alicyclic amines) is 1. The van der Waals surface area contributed by atoms with E-state index in [1.165, 1.54) is 0 Å². The summed E-state index contributed by atoms with van der Waals surface area (Å²) in [7, 11) is 0. The first-order chi connectivity index (χ1) is 5.24. The molecule has 0 saturated carbocycles. The summed E-state index contributed by atoms with van der Waals surface area (Å²) in [6, 6.07) is 0. The van der Waals surface area contributed by atoms with Gasteiger partial charge in [0.1, 0.15) is 6.67 Å². The maximum Gasteiger partial charge on any atom is 0.102 e. The van der Waals surface area contributed by atoms with Crippen molar-refractivity contribution in [2.75, 3.05) is 26.3 Å². The second-order valence-electron chi connectivity index (χ2n) is 3.32. The zero-order valence-corrected chi connectivity index (χ0v) is 6.96. The van der Waals surface area contributed by atoms with Crippen molar-refractivity contribution in [3.8, 4) is 0 Å². The fourth-order valence-electron chi connectivity index (χ4n) is 1.54. The highest BCUT2D eigenvalue weighted by molar-refractivity contribution is 4.76. The average molecular weight is 161 g/mol. The number of aliphatic hydroxyl groups is 1. The lowest BCUT2D eigenvalue weighted by atomic mass is 9.97. The largest absolute Gasteiger partial charge is 0.393 e. The van der Waals surface area contributed by atoms with Gasteiger partial charge in [0.05, 0.1) is 6.10 Å². The Morgan fingerprint density at radius 3 is 2.91 bits per heavy atom. The molecular weight excluding hydrogens is 145 g/mol. The summed E-state index contributed by atoms with van der Waals surface area (Å²) in [4.78, 5) is 2.07. The molecule has 2 atom stereocenters. The third kappa shape index (κ3) is 2.42. The van der Waals surface area contributed by atoms with Crippen LogP contribution < -0.4 is 0 Å². The third-order valence-corrected chi connectivity index (χ3v) is 2.34. The predicted molar refractivity (Wildman–Crippen MR) is 42.2 cm³/mol. The lowest BCUT2D eigenvalue weighted by Gasteiger charge is -2.33. The van der Waals surface area contributed by atoms with E-state index in [1.807, 2.05) is 6.92 Å². The van der Waals surface area contributed by atoms with Crippen molar-refractivity contribution in [1.29, 1.82) is 0 Å². The van der Waals surface area contributed by atoms with Crippen molar-refractivity contribution in [1.82, 2.24) is 4.90 Å². The second kappa shape index (κ2) is 4.02. The molecule has 0 aromatic rings. The van der Waals surface area contributed by atoms with Gasteiger partial charge in [0.2, 0.25) is 0 Å². The number of hydrogen-bond donors (Lipinski definition) is 1. The second-order valence-corrected chi connectivity index (χ2v) is 3.32. The van der Waals surface area contributed by atoms with Gasteiger partial charge in [0.25, 0.3) is 0 Å².